The third-order valence-electron chi connectivity index (χ3n) is 2.60. The Balaban J connectivity index is 2.02. The number of fused-ring (bicyclic) bond motifs is 1. The summed E-state index contributed by atoms with van der Waals surface area (Å²) in [6.45, 7) is 1.90. The van der Waals surface area contributed by atoms with Crippen molar-refractivity contribution in [3.63, 3.8) is 0 Å². The molecule has 2 aromatic rings. The minimum Gasteiger partial charge on any atom is -0.324 e. The number of hydrogen-bond donors (Lipinski definition) is 1. The van der Waals surface area contributed by atoms with Crippen LogP contribution in [0.5, 0.6) is 0 Å². The van der Waals surface area contributed by atoms with Gasteiger partial charge in [0.1, 0.15) is 5.01 Å². The molecule has 2 N–H and O–H groups in total. The molecule has 0 aliphatic heterocycles. The standard InChI is InChI=1S/C9H11N5S/c1-5-11-12-9-14(5)13-8(15-9)6-2-3-7(10)4-6/h2-3,6-7H,4,10H2,1H3. The van der Waals surface area contributed by atoms with Gasteiger partial charge in [0, 0.05) is 12.0 Å². The average molecular weight is 221 g/mol. The summed E-state index contributed by atoms with van der Waals surface area (Å²) in [5.74, 6) is 1.19. The Morgan fingerprint density at radius 2 is 2.33 bits per heavy atom. The Hall–Kier alpha value is -1.27. The summed E-state index contributed by atoms with van der Waals surface area (Å²) in [6.07, 6.45) is 5.12. The van der Waals surface area contributed by atoms with Crippen LogP contribution in [0.2, 0.25) is 0 Å². The van der Waals surface area contributed by atoms with Crippen molar-refractivity contribution in [2.24, 2.45) is 5.73 Å². The molecule has 1 aliphatic carbocycles. The van der Waals surface area contributed by atoms with Gasteiger partial charge in [0.15, 0.2) is 5.82 Å². The van der Waals surface area contributed by atoms with Gasteiger partial charge in [-0.25, -0.2) is 0 Å². The second-order valence-corrected chi connectivity index (χ2v) is 4.76. The zero-order valence-electron chi connectivity index (χ0n) is 8.29. The Morgan fingerprint density at radius 1 is 1.47 bits per heavy atom. The predicted molar refractivity (Wildman–Crippen MR) is 57.9 cm³/mol. The maximum atomic E-state index is 5.82. The molecule has 2 atom stereocenters. The van der Waals surface area contributed by atoms with E-state index in [4.69, 9.17) is 5.73 Å². The topological polar surface area (TPSA) is 69.1 Å². The maximum absolute atomic E-state index is 5.82. The average Bonchev–Trinajstić information content (AvgIpc) is 2.84. The van der Waals surface area contributed by atoms with Crippen molar-refractivity contribution in [3.8, 4) is 0 Å². The van der Waals surface area contributed by atoms with Crippen molar-refractivity contribution >= 4 is 16.3 Å². The molecule has 0 fully saturated rings. The van der Waals surface area contributed by atoms with Crippen LogP contribution in [0.1, 0.15) is 23.2 Å². The van der Waals surface area contributed by atoms with E-state index in [1.807, 2.05) is 13.0 Å². The van der Waals surface area contributed by atoms with E-state index in [0.717, 1.165) is 22.2 Å². The molecule has 3 rings (SSSR count). The van der Waals surface area contributed by atoms with Gasteiger partial charge in [-0.15, -0.1) is 10.2 Å². The lowest BCUT2D eigenvalue weighted by Gasteiger charge is -2.03. The van der Waals surface area contributed by atoms with E-state index in [9.17, 15) is 0 Å². The first-order valence-corrected chi connectivity index (χ1v) is 5.68. The Morgan fingerprint density at radius 3 is 3.00 bits per heavy atom. The first-order valence-electron chi connectivity index (χ1n) is 4.86. The predicted octanol–water partition coefficient (Wildman–Crippen LogP) is 0.865. The number of aromatic nitrogens is 4. The molecule has 0 aromatic carbocycles. The van der Waals surface area contributed by atoms with Gasteiger partial charge in [-0.05, 0) is 13.3 Å². The van der Waals surface area contributed by atoms with E-state index < -0.39 is 0 Å². The van der Waals surface area contributed by atoms with Gasteiger partial charge in [-0.1, -0.05) is 23.5 Å². The van der Waals surface area contributed by atoms with E-state index in [0.29, 0.717) is 5.92 Å². The largest absolute Gasteiger partial charge is 0.324 e. The first kappa shape index (κ1) is 8.99. The summed E-state index contributed by atoms with van der Waals surface area (Å²) in [4.78, 5) is 0.858. The van der Waals surface area contributed by atoms with Crippen molar-refractivity contribution in [2.45, 2.75) is 25.3 Å². The summed E-state index contributed by atoms with van der Waals surface area (Å²) < 4.78 is 1.79. The monoisotopic (exact) mass is 221 g/mol. The normalized spacial score (nSPS) is 25.5. The zero-order valence-corrected chi connectivity index (χ0v) is 9.11. The van der Waals surface area contributed by atoms with E-state index in [1.165, 1.54) is 0 Å². The molecule has 0 radical (unpaired) electrons. The number of nitrogens with two attached hydrogens (primary N) is 1. The van der Waals surface area contributed by atoms with Crippen LogP contribution >= 0.6 is 11.3 Å². The van der Waals surface area contributed by atoms with Crippen LogP contribution in [0, 0.1) is 6.92 Å². The van der Waals surface area contributed by atoms with E-state index in [1.54, 1.807) is 15.9 Å². The third-order valence-corrected chi connectivity index (χ3v) is 3.63. The number of nitrogens with zero attached hydrogens (tertiary/aromatic N) is 4. The second-order valence-electron chi connectivity index (χ2n) is 3.77. The number of allylic oxidation sites excluding steroid dienone is 1. The smallest absolute Gasteiger partial charge is 0.234 e. The molecule has 0 saturated heterocycles. The van der Waals surface area contributed by atoms with Crippen LogP contribution in [-0.4, -0.2) is 25.9 Å². The molecule has 2 aromatic heterocycles. The molecule has 2 unspecified atom stereocenters. The molecule has 0 amide bonds. The lowest BCUT2D eigenvalue weighted by Crippen LogP contribution is -2.14. The van der Waals surface area contributed by atoms with E-state index >= 15 is 0 Å². The summed E-state index contributed by atoms with van der Waals surface area (Å²) in [5, 5.41) is 13.6. The Bertz CT molecular complexity index is 526. The molecule has 5 nitrogen and oxygen atoms in total. The molecule has 2 heterocycles. The van der Waals surface area contributed by atoms with Gasteiger partial charge >= 0.3 is 0 Å². The molecule has 1 aliphatic rings. The van der Waals surface area contributed by atoms with Gasteiger partial charge in [0.2, 0.25) is 4.96 Å². The van der Waals surface area contributed by atoms with Gasteiger partial charge in [0.25, 0.3) is 0 Å². The molecule has 6 heteroatoms. The number of aryl methyl sites for hydroxylation is 1. The highest BCUT2D eigenvalue weighted by atomic mass is 32.1. The lowest BCUT2D eigenvalue weighted by molar-refractivity contribution is 0.692. The Kier molecular flexibility index (Phi) is 1.86. The number of rotatable bonds is 1. The zero-order chi connectivity index (χ0) is 10.4. The van der Waals surface area contributed by atoms with Gasteiger partial charge in [-0.2, -0.15) is 9.61 Å². The highest BCUT2D eigenvalue weighted by molar-refractivity contribution is 7.16. The lowest BCUT2D eigenvalue weighted by atomic mass is 10.1. The van der Waals surface area contributed by atoms with Crippen molar-refractivity contribution in [3.05, 3.63) is 23.0 Å². The molecule has 0 spiro atoms. The van der Waals surface area contributed by atoms with E-state index in [-0.39, 0.29) is 6.04 Å². The van der Waals surface area contributed by atoms with Crippen LogP contribution in [0.15, 0.2) is 12.2 Å². The van der Waals surface area contributed by atoms with Crippen molar-refractivity contribution in [1.82, 2.24) is 19.8 Å². The molecule has 0 saturated carbocycles. The second kappa shape index (κ2) is 3.11. The van der Waals surface area contributed by atoms with Crippen LogP contribution in [0.3, 0.4) is 0 Å². The minimum absolute atomic E-state index is 0.172. The Labute approximate surface area is 90.6 Å². The quantitative estimate of drug-likeness (QED) is 0.725. The maximum Gasteiger partial charge on any atom is 0.234 e. The minimum atomic E-state index is 0.172. The van der Waals surface area contributed by atoms with Crippen LogP contribution in [0.25, 0.3) is 4.96 Å². The summed E-state index contributed by atoms with van der Waals surface area (Å²) in [7, 11) is 0. The fraction of sp³-hybridized carbons (Fsp3) is 0.444. The van der Waals surface area contributed by atoms with Crippen molar-refractivity contribution < 1.29 is 0 Å². The molecular formula is C9H11N5S. The highest BCUT2D eigenvalue weighted by Crippen LogP contribution is 2.30. The molecule has 78 valence electrons. The summed E-state index contributed by atoms with van der Waals surface area (Å²) in [6, 6.07) is 0.172. The number of hydrogen-bond acceptors (Lipinski definition) is 5. The molecular weight excluding hydrogens is 210 g/mol. The third kappa shape index (κ3) is 1.37. The summed E-state index contributed by atoms with van der Waals surface area (Å²) >= 11 is 1.59. The fourth-order valence-corrected chi connectivity index (χ4v) is 2.77. The van der Waals surface area contributed by atoms with Gasteiger partial charge in [-0.3, -0.25) is 0 Å². The van der Waals surface area contributed by atoms with Crippen LogP contribution < -0.4 is 5.73 Å². The highest BCUT2D eigenvalue weighted by Gasteiger charge is 2.22. The van der Waals surface area contributed by atoms with Crippen molar-refractivity contribution in [1.29, 1.82) is 0 Å². The molecule has 0 bridgehead atoms. The van der Waals surface area contributed by atoms with Crippen LogP contribution in [0.4, 0.5) is 0 Å². The summed E-state index contributed by atoms with van der Waals surface area (Å²) in [5.41, 5.74) is 5.82. The fourth-order valence-electron chi connectivity index (χ4n) is 1.79. The van der Waals surface area contributed by atoms with Crippen molar-refractivity contribution in [2.75, 3.05) is 0 Å². The van der Waals surface area contributed by atoms with Gasteiger partial charge < -0.3 is 5.73 Å². The van der Waals surface area contributed by atoms with E-state index in [2.05, 4.69) is 21.4 Å². The van der Waals surface area contributed by atoms with Gasteiger partial charge in [0.05, 0.1) is 0 Å². The molecule has 15 heavy (non-hydrogen) atoms. The SMILES string of the molecule is Cc1nnc2sc(C3C=CC(N)C3)nn12. The van der Waals surface area contributed by atoms with Crippen LogP contribution in [-0.2, 0) is 0 Å². The first-order chi connectivity index (χ1) is 7.24.